The number of aromatic nitrogens is 2. The highest BCUT2D eigenvalue weighted by molar-refractivity contribution is 5.80. The van der Waals surface area contributed by atoms with Crippen LogP contribution in [0.5, 0.6) is 0 Å². The molecule has 0 aliphatic carbocycles. The summed E-state index contributed by atoms with van der Waals surface area (Å²) in [5, 5.41) is 8.52. The number of halogens is 1. The van der Waals surface area contributed by atoms with E-state index in [1.807, 2.05) is 0 Å². The minimum Gasteiger partial charge on any atom is -0.321 e. The molecule has 0 bridgehead atoms. The predicted molar refractivity (Wildman–Crippen MR) is 49.6 cm³/mol. The third-order valence-corrected chi connectivity index (χ3v) is 1.92. The van der Waals surface area contributed by atoms with Gasteiger partial charge in [-0.3, -0.25) is 0 Å². The fourth-order valence-electron chi connectivity index (χ4n) is 1.28. The number of nitrogen functional groups attached to an aromatic ring is 1. The first kappa shape index (κ1) is 8.49. The van der Waals surface area contributed by atoms with Gasteiger partial charge in [-0.2, -0.15) is 15.0 Å². The highest BCUT2D eigenvalue weighted by Crippen LogP contribution is 2.09. The highest BCUT2D eigenvalue weighted by Gasteiger charge is 2.00. The lowest BCUT2D eigenvalue weighted by Crippen LogP contribution is -2.31. The summed E-state index contributed by atoms with van der Waals surface area (Å²) in [6, 6.07) is 4.22. The van der Waals surface area contributed by atoms with Crippen LogP contribution in [0.25, 0.3) is 10.8 Å². The molecule has 6 heteroatoms. The van der Waals surface area contributed by atoms with Crippen molar-refractivity contribution in [2.75, 3.05) is 5.84 Å². The molecule has 0 amide bonds. The van der Waals surface area contributed by atoms with Crippen LogP contribution in [0.1, 0.15) is 0 Å². The Bertz CT molecular complexity index is 545. The summed E-state index contributed by atoms with van der Waals surface area (Å²) in [5.41, 5.74) is 0.308. The van der Waals surface area contributed by atoms with Gasteiger partial charge in [0.05, 0.1) is 6.20 Å². The van der Waals surface area contributed by atoms with Crippen LogP contribution in [-0.4, -0.2) is 9.89 Å². The Morgan fingerprint density at radius 3 is 2.93 bits per heavy atom. The molecule has 2 aromatic rings. The van der Waals surface area contributed by atoms with Gasteiger partial charge in [-0.05, 0) is 18.2 Å². The molecular formula is C8H8FN5. The van der Waals surface area contributed by atoms with Crippen molar-refractivity contribution in [3.63, 3.8) is 0 Å². The van der Waals surface area contributed by atoms with Gasteiger partial charge < -0.3 is 11.7 Å². The lowest BCUT2D eigenvalue weighted by atomic mass is 10.2. The summed E-state index contributed by atoms with van der Waals surface area (Å²) >= 11 is 0. The number of hydrogen-bond donors (Lipinski definition) is 2. The van der Waals surface area contributed by atoms with Crippen molar-refractivity contribution in [2.45, 2.75) is 0 Å². The maximum Gasteiger partial charge on any atom is 0.198 e. The quantitative estimate of drug-likeness (QED) is 0.443. The van der Waals surface area contributed by atoms with Crippen LogP contribution in [-0.2, 0) is 0 Å². The average molecular weight is 193 g/mol. The molecule has 0 saturated carbocycles. The zero-order chi connectivity index (χ0) is 10.1. The lowest BCUT2D eigenvalue weighted by Gasteiger charge is -2.01. The first-order valence-electron chi connectivity index (χ1n) is 3.89. The molecule has 2 rings (SSSR count). The Kier molecular flexibility index (Phi) is 1.81. The van der Waals surface area contributed by atoms with Gasteiger partial charge in [-0.15, -0.1) is 0 Å². The van der Waals surface area contributed by atoms with E-state index in [0.29, 0.717) is 16.3 Å². The van der Waals surface area contributed by atoms with Crippen LogP contribution in [0.4, 0.5) is 4.39 Å². The minimum absolute atomic E-state index is 0.308. The van der Waals surface area contributed by atoms with Gasteiger partial charge >= 0.3 is 0 Å². The Hall–Kier alpha value is -2.11. The Balaban J connectivity index is 2.97. The van der Waals surface area contributed by atoms with E-state index in [1.165, 1.54) is 18.3 Å². The lowest BCUT2D eigenvalue weighted by molar-refractivity contribution is 0.629. The van der Waals surface area contributed by atoms with Crippen LogP contribution in [0.3, 0.4) is 0 Å². The third kappa shape index (κ3) is 1.17. The first-order chi connectivity index (χ1) is 6.72. The van der Waals surface area contributed by atoms with Crippen LogP contribution >= 0.6 is 0 Å². The second kappa shape index (κ2) is 2.99. The van der Waals surface area contributed by atoms with E-state index in [9.17, 15) is 4.39 Å². The number of fused-ring (bicyclic) bond motifs is 1. The number of rotatable bonds is 0. The molecule has 14 heavy (non-hydrogen) atoms. The van der Waals surface area contributed by atoms with Gasteiger partial charge in [0.25, 0.3) is 0 Å². The van der Waals surface area contributed by atoms with Crippen molar-refractivity contribution < 1.29 is 4.39 Å². The van der Waals surface area contributed by atoms with Crippen molar-refractivity contribution in [2.24, 2.45) is 10.9 Å². The smallest absolute Gasteiger partial charge is 0.198 e. The third-order valence-electron chi connectivity index (χ3n) is 1.92. The maximum absolute atomic E-state index is 12.8. The van der Waals surface area contributed by atoms with Gasteiger partial charge in [0, 0.05) is 10.8 Å². The van der Waals surface area contributed by atoms with E-state index in [4.69, 9.17) is 11.7 Å². The minimum atomic E-state index is -0.336. The van der Waals surface area contributed by atoms with Crippen molar-refractivity contribution in [1.82, 2.24) is 9.89 Å². The Labute approximate surface area is 78.4 Å². The molecule has 4 N–H and O–H groups in total. The van der Waals surface area contributed by atoms with Gasteiger partial charge in [0.1, 0.15) is 5.82 Å². The van der Waals surface area contributed by atoms with E-state index < -0.39 is 0 Å². The Morgan fingerprint density at radius 1 is 1.43 bits per heavy atom. The summed E-state index contributed by atoms with van der Waals surface area (Å²) in [5.74, 6) is 10.3. The first-order valence-corrected chi connectivity index (χ1v) is 3.89. The van der Waals surface area contributed by atoms with Crippen LogP contribution in [0, 0.1) is 5.82 Å². The summed E-state index contributed by atoms with van der Waals surface area (Å²) in [4.78, 5) is 1.04. The average Bonchev–Trinajstić information content (AvgIpc) is 2.18. The summed E-state index contributed by atoms with van der Waals surface area (Å²) in [7, 11) is 0. The summed E-state index contributed by atoms with van der Waals surface area (Å²) in [6.45, 7) is 0. The largest absolute Gasteiger partial charge is 0.321 e. The standard InChI is InChI=1S/C8H8FN5/c9-6-1-2-7-5(3-6)4-12-14(11)8(7)13-10/h1-4H,10-11H2/b13-8-. The monoisotopic (exact) mass is 193 g/mol. The Morgan fingerprint density at radius 2 is 2.21 bits per heavy atom. The maximum atomic E-state index is 12.8. The molecule has 0 unspecified atom stereocenters. The molecule has 0 radical (unpaired) electrons. The summed E-state index contributed by atoms with van der Waals surface area (Å²) < 4.78 is 12.8. The molecule has 72 valence electrons. The molecule has 1 aromatic carbocycles. The van der Waals surface area contributed by atoms with E-state index >= 15 is 0 Å². The van der Waals surface area contributed by atoms with Gasteiger partial charge in [-0.1, -0.05) is 0 Å². The van der Waals surface area contributed by atoms with Gasteiger partial charge in [-0.25, -0.2) is 4.39 Å². The van der Waals surface area contributed by atoms with Gasteiger partial charge in [0.15, 0.2) is 5.49 Å². The van der Waals surface area contributed by atoms with E-state index in [0.717, 1.165) is 4.79 Å². The van der Waals surface area contributed by atoms with Crippen LogP contribution in [0.2, 0.25) is 0 Å². The fraction of sp³-hybridized carbons (Fsp3) is 0. The molecule has 0 atom stereocenters. The second-order valence-electron chi connectivity index (χ2n) is 2.77. The molecular weight excluding hydrogens is 185 g/mol. The zero-order valence-electron chi connectivity index (χ0n) is 7.18. The van der Waals surface area contributed by atoms with Crippen molar-refractivity contribution in [3.05, 3.63) is 35.7 Å². The van der Waals surface area contributed by atoms with Crippen LogP contribution < -0.4 is 17.2 Å². The molecule has 0 fully saturated rings. The fourth-order valence-corrected chi connectivity index (χ4v) is 1.28. The zero-order valence-corrected chi connectivity index (χ0v) is 7.18. The SMILES string of the molecule is N/N=c1/c2ccc(F)cc2cnn1N. The number of nitrogens with zero attached hydrogens (tertiary/aromatic N) is 3. The molecule has 0 aliphatic heterocycles. The van der Waals surface area contributed by atoms with Crippen LogP contribution in [0.15, 0.2) is 29.5 Å². The van der Waals surface area contributed by atoms with E-state index in [-0.39, 0.29) is 5.82 Å². The normalized spacial score (nSPS) is 12.2. The number of hydrogen-bond acceptors (Lipinski definition) is 4. The molecule has 0 spiro atoms. The highest BCUT2D eigenvalue weighted by atomic mass is 19.1. The molecule has 5 nitrogen and oxygen atoms in total. The molecule has 0 aliphatic rings. The van der Waals surface area contributed by atoms with Crippen molar-refractivity contribution in [1.29, 1.82) is 0 Å². The second-order valence-corrected chi connectivity index (χ2v) is 2.77. The predicted octanol–water partition coefficient (Wildman–Crippen LogP) is -0.336. The van der Waals surface area contributed by atoms with E-state index in [2.05, 4.69) is 10.2 Å². The molecule has 1 aromatic heterocycles. The molecule has 1 heterocycles. The number of benzene rings is 1. The molecule has 0 saturated heterocycles. The van der Waals surface area contributed by atoms with Crippen molar-refractivity contribution >= 4 is 10.8 Å². The van der Waals surface area contributed by atoms with Gasteiger partial charge in [0.2, 0.25) is 0 Å². The summed E-state index contributed by atoms with van der Waals surface area (Å²) in [6.07, 6.45) is 1.45. The van der Waals surface area contributed by atoms with E-state index in [1.54, 1.807) is 6.07 Å². The van der Waals surface area contributed by atoms with Crippen molar-refractivity contribution in [3.8, 4) is 0 Å². The number of nitrogens with two attached hydrogens (primary N) is 2. The topological polar surface area (TPSA) is 82.2 Å².